The number of nitrogens with two attached hydrogens (primary N) is 1. The Morgan fingerprint density at radius 2 is 2.20 bits per heavy atom. The fourth-order valence-corrected chi connectivity index (χ4v) is 2.89. The zero-order valence-electron chi connectivity index (χ0n) is 11.0. The molecule has 1 aromatic carbocycles. The molecular weight excluding hydrogens is 342 g/mol. The van der Waals surface area contributed by atoms with Crippen LogP contribution in [0.4, 0.5) is 0 Å². The molecule has 1 atom stereocenters. The first-order chi connectivity index (χ1) is 9.35. The van der Waals surface area contributed by atoms with E-state index in [0.717, 1.165) is 15.7 Å². The first kappa shape index (κ1) is 15.2. The van der Waals surface area contributed by atoms with Gasteiger partial charge in [-0.05, 0) is 18.6 Å². The second-order valence-corrected chi connectivity index (χ2v) is 7.89. The van der Waals surface area contributed by atoms with E-state index >= 15 is 0 Å². The van der Waals surface area contributed by atoms with Crippen molar-refractivity contribution in [2.45, 2.75) is 12.5 Å². The Labute approximate surface area is 126 Å². The number of H-pyrrole nitrogens is 1. The van der Waals surface area contributed by atoms with E-state index in [1.165, 1.54) is 6.26 Å². The fourth-order valence-electron chi connectivity index (χ4n) is 1.81. The van der Waals surface area contributed by atoms with Crippen molar-refractivity contribution in [3.63, 3.8) is 0 Å². The van der Waals surface area contributed by atoms with Crippen molar-refractivity contribution in [2.75, 3.05) is 12.0 Å². The third-order valence-corrected chi connectivity index (χ3v) is 4.35. The number of imidazole rings is 1. The van der Waals surface area contributed by atoms with Crippen LogP contribution in [0.15, 0.2) is 34.9 Å². The number of benzene rings is 1. The van der Waals surface area contributed by atoms with Crippen molar-refractivity contribution < 1.29 is 8.42 Å². The highest BCUT2D eigenvalue weighted by Crippen LogP contribution is 2.22. The highest BCUT2D eigenvalue weighted by molar-refractivity contribution is 9.10. The molecule has 108 valence electrons. The quantitative estimate of drug-likeness (QED) is 0.858. The minimum Gasteiger partial charge on any atom is -0.341 e. The van der Waals surface area contributed by atoms with Crippen LogP contribution in [0.3, 0.4) is 0 Å². The van der Waals surface area contributed by atoms with Gasteiger partial charge in [0.2, 0.25) is 0 Å². The maximum atomic E-state index is 11.1. The van der Waals surface area contributed by atoms with E-state index in [2.05, 4.69) is 25.9 Å². The number of rotatable bonds is 5. The standard InChI is InChI=1S/C13H16BrN3O2S/c1-20(18,19)6-5-11(15)13-16-8-12(17-13)9-3-2-4-10(14)7-9/h2-4,7-8,11H,5-6,15H2,1H3,(H,16,17). The third kappa shape index (κ3) is 4.16. The maximum Gasteiger partial charge on any atom is 0.147 e. The van der Waals surface area contributed by atoms with Crippen molar-refractivity contribution in [3.8, 4) is 11.3 Å². The first-order valence-corrected chi connectivity index (χ1v) is 8.94. The smallest absolute Gasteiger partial charge is 0.147 e. The van der Waals surface area contributed by atoms with Gasteiger partial charge in [-0.2, -0.15) is 0 Å². The molecule has 3 N–H and O–H groups in total. The Balaban J connectivity index is 2.12. The molecule has 2 aromatic rings. The largest absolute Gasteiger partial charge is 0.341 e. The van der Waals surface area contributed by atoms with Gasteiger partial charge in [-0.15, -0.1) is 0 Å². The minimum atomic E-state index is -3.01. The summed E-state index contributed by atoms with van der Waals surface area (Å²) in [6.07, 6.45) is 3.26. The van der Waals surface area contributed by atoms with Gasteiger partial charge >= 0.3 is 0 Å². The molecule has 0 fully saturated rings. The van der Waals surface area contributed by atoms with Gasteiger partial charge < -0.3 is 10.7 Å². The molecule has 0 aliphatic rings. The number of nitrogens with zero attached hydrogens (tertiary/aromatic N) is 1. The molecule has 7 heteroatoms. The Hall–Kier alpha value is -1.18. The van der Waals surface area contributed by atoms with Crippen molar-refractivity contribution in [2.24, 2.45) is 5.73 Å². The van der Waals surface area contributed by atoms with E-state index in [1.807, 2.05) is 24.3 Å². The summed E-state index contributed by atoms with van der Waals surface area (Å²) in [7, 11) is -3.01. The normalized spacial score (nSPS) is 13.3. The van der Waals surface area contributed by atoms with Crippen LogP contribution >= 0.6 is 15.9 Å². The fraction of sp³-hybridized carbons (Fsp3) is 0.308. The molecule has 0 aliphatic carbocycles. The number of aromatic nitrogens is 2. The topological polar surface area (TPSA) is 88.8 Å². The molecule has 0 aliphatic heterocycles. The van der Waals surface area contributed by atoms with Gasteiger partial charge in [0.05, 0.1) is 23.7 Å². The molecule has 0 saturated heterocycles. The predicted octanol–water partition coefficient (Wildman–Crippen LogP) is 2.27. The Bertz CT molecular complexity index is 697. The Morgan fingerprint density at radius 1 is 1.45 bits per heavy atom. The Kier molecular flexibility index (Phi) is 4.62. The number of hydrogen-bond acceptors (Lipinski definition) is 4. The lowest BCUT2D eigenvalue weighted by Gasteiger charge is -2.07. The van der Waals surface area contributed by atoms with E-state index < -0.39 is 15.9 Å². The molecule has 0 radical (unpaired) electrons. The number of nitrogens with one attached hydrogen (secondary N) is 1. The van der Waals surface area contributed by atoms with Crippen molar-refractivity contribution in [1.82, 2.24) is 9.97 Å². The molecule has 5 nitrogen and oxygen atoms in total. The van der Waals surface area contributed by atoms with Crippen LogP contribution in [0.1, 0.15) is 18.3 Å². The number of hydrogen-bond donors (Lipinski definition) is 2. The molecule has 0 saturated carbocycles. The van der Waals surface area contributed by atoms with E-state index in [9.17, 15) is 8.42 Å². The van der Waals surface area contributed by atoms with Gasteiger partial charge in [0.1, 0.15) is 15.7 Å². The van der Waals surface area contributed by atoms with Crippen molar-refractivity contribution >= 4 is 25.8 Å². The van der Waals surface area contributed by atoms with Crippen LogP contribution in [-0.4, -0.2) is 30.4 Å². The van der Waals surface area contributed by atoms with Crippen LogP contribution in [0.25, 0.3) is 11.3 Å². The van der Waals surface area contributed by atoms with Crippen LogP contribution in [0, 0.1) is 0 Å². The molecule has 0 spiro atoms. The third-order valence-electron chi connectivity index (χ3n) is 2.88. The van der Waals surface area contributed by atoms with Gasteiger partial charge in [-0.1, -0.05) is 28.1 Å². The Morgan fingerprint density at radius 3 is 2.85 bits per heavy atom. The number of aromatic amines is 1. The van der Waals surface area contributed by atoms with E-state index in [1.54, 1.807) is 6.20 Å². The van der Waals surface area contributed by atoms with Crippen LogP contribution < -0.4 is 5.73 Å². The van der Waals surface area contributed by atoms with Crippen LogP contribution in [0.2, 0.25) is 0 Å². The van der Waals surface area contributed by atoms with Gasteiger partial charge in [-0.3, -0.25) is 0 Å². The molecule has 20 heavy (non-hydrogen) atoms. The molecule has 1 unspecified atom stereocenters. The molecule has 2 rings (SSSR count). The van der Waals surface area contributed by atoms with Crippen molar-refractivity contribution in [3.05, 3.63) is 40.8 Å². The number of sulfone groups is 1. The second kappa shape index (κ2) is 6.07. The maximum absolute atomic E-state index is 11.1. The number of halogens is 1. The molecule has 0 amide bonds. The summed E-state index contributed by atoms with van der Waals surface area (Å²) in [6.45, 7) is 0. The average Bonchev–Trinajstić information content (AvgIpc) is 2.84. The lowest BCUT2D eigenvalue weighted by Crippen LogP contribution is -2.16. The highest BCUT2D eigenvalue weighted by Gasteiger charge is 2.14. The summed E-state index contributed by atoms with van der Waals surface area (Å²) in [5.41, 5.74) is 7.81. The molecule has 1 aromatic heterocycles. The zero-order valence-corrected chi connectivity index (χ0v) is 13.4. The summed E-state index contributed by atoms with van der Waals surface area (Å²) in [5, 5.41) is 0. The molecule has 0 bridgehead atoms. The van der Waals surface area contributed by atoms with Gasteiger partial charge in [-0.25, -0.2) is 13.4 Å². The van der Waals surface area contributed by atoms with Crippen LogP contribution in [0.5, 0.6) is 0 Å². The van der Waals surface area contributed by atoms with Gasteiger partial charge in [0.25, 0.3) is 0 Å². The SMILES string of the molecule is CS(=O)(=O)CCC(N)c1ncc(-c2cccc(Br)c2)[nH]1. The second-order valence-electron chi connectivity index (χ2n) is 4.72. The van der Waals surface area contributed by atoms with Crippen LogP contribution in [-0.2, 0) is 9.84 Å². The summed E-state index contributed by atoms with van der Waals surface area (Å²) in [4.78, 5) is 7.37. The van der Waals surface area contributed by atoms with E-state index in [0.29, 0.717) is 12.2 Å². The zero-order chi connectivity index (χ0) is 14.8. The van der Waals surface area contributed by atoms with Crippen molar-refractivity contribution in [1.29, 1.82) is 0 Å². The average molecular weight is 358 g/mol. The van der Waals surface area contributed by atoms with Gasteiger partial charge in [0.15, 0.2) is 0 Å². The highest BCUT2D eigenvalue weighted by atomic mass is 79.9. The molecular formula is C13H16BrN3O2S. The van der Waals surface area contributed by atoms with Gasteiger partial charge in [0, 0.05) is 16.3 Å². The summed E-state index contributed by atoms with van der Waals surface area (Å²) < 4.78 is 23.3. The van der Waals surface area contributed by atoms with E-state index in [-0.39, 0.29) is 5.75 Å². The lowest BCUT2D eigenvalue weighted by atomic mass is 10.2. The summed E-state index contributed by atoms with van der Waals surface area (Å²) in [6, 6.07) is 7.40. The van der Waals surface area contributed by atoms with E-state index in [4.69, 9.17) is 5.73 Å². The predicted molar refractivity (Wildman–Crippen MR) is 83.0 cm³/mol. The first-order valence-electron chi connectivity index (χ1n) is 6.09. The monoisotopic (exact) mass is 357 g/mol. The minimum absolute atomic E-state index is 0.0566. The summed E-state index contributed by atoms with van der Waals surface area (Å²) >= 11 is 3.42. The lowest BCUT2D eigenvalue weighted by molar-refractivity contribution is 0.588. The molecule has 1 heterocycles. The summed E-state index contributed by atoms with van der Waals surface area (Å²) in [5.74, 6) is 0.657.